The second-order valence-corrected chi connectivity index (χ2v) is 10.1. The van der Waals surface area contributed by atoms with E-state index in [-0.39, 0.29) is 11.8 Å². The molecule has 0 bridgehead atoms. The lowest BCUT2D eigenvalue weighted by Crippen LogP contribution is -2.43. The van der Waals surface area contributed by atoms with Crippen molar-refractivity contribution in [3.8, 4) is 0 Å². The van der Waals surface area contributed by atoms with Crippen LogP contribution in [0.4, 0.5) is 8.78 Å². The molecule has 5 nitrogen and oxygen atoms in total. The molecule has 2 atom stereocenters. The van der Waals surface area contributed by atoms with E-state index in [2.05, 4.69) is 5.10 Å². The zero-order valence-corrected chi connectivity index (χ0v) is 18.1. The number of hydrogen-bond acceptors (Lipinski definition) is 4. The number of sulfonamides is 1. The van der Waals surface area contributed by atoms with Gasteiger partial charge in [0.2, 0.25) is 0 Å². The van der Waals surface area contributed by atoms with E-state index in [0.29, 0.717) is 29.8 Å². The van der Waals surface area contributed by atoms with Gasteiger partial charge in [0, 0.05) is 36.0 Å². The Morgan fingerprint density at radius 3 is 2.75 bits per heavy atom. The van der Waals surface area contributed by atoms with E-state index < -0.39 is 25.7 Å². The molecule has 0 radical (unpaired) electrons. The van der Waals surface area contributed by atoms with Gasteiger partial charge < -0.3 is 4.90 Å². The van der Waals surface area contributed by atoms with Gasteiger partial charge in [0.15, 0.2) is 5.70 Å². The van der Waals surface area contributed by atoms with Crippen molar-refractivity contribution in [1.82, 2.24) is 4.90 Å². The van der Waals surface area contributed by atoms with Crippen LogP contribution >= 0.6 is 0 Å². The molecule has 0 amide bonds. The van der Waals surface area contributed by atoms with E-state index >= 15 is 0 Å². The van der Waals surface area contributed by atoms with Crippen molar-refractivity contribution in [2.45, 2.75) is 24.6 Å². The van der Waals surface area contributed by atoms with E-state index in [0.717, 1.165) is 24.3 Å². The molecule has 2 aromatic rings. The molecule has 32 heavy (non-hydrogen) atoms. The number of benzene rings is 2. The van der Waals surface area contributed by atoms with Crippen molar-refractivity contribution >= 4 is 16.2 Å². The van der Waals surface area contributed by atoms with Gasteiger partial charge >= 0.3 is 10.0 Å². The topological polar surface area (TPSA) is 49.7 Å². The molecule has 0 saturated carbocycles. The summed E-state index contributed by atoms with van der Waals surface area (Å²) in [6, 6.07) is 12.2. The molecule has 0 N–H and O–H groups in total. The summed E-state index contributed by atoms with van der Waals surface area (Å²) < 4.78 is 54.4. The highest BCUT2D eigenvalue weighted by atomic mass is 32.2. The van der Waals surface area contributed by atoms with Crippen LogP contribution in [0, 0.1) is 11.6 Å². The van der Waals surface area contributed by atoms with Crippen molar-refractivity contribution in [3.05, 3.63) is 107 Å². The molecule has 0 aromatic heterocycles. The van der Waals surface area contributed by atoms with Crippen LogP contribution in [0.25, 0.3) is 0 Å². The fraction of sp³-hybridized carbons (Fsp3) is 0.208. The van der Waals surface area contributed by atoms with E-state index in [1.807, 2.05) is 11.0 Å². The molecule has 1 unspecified atom stereocenters. The summed E-state index contributed by atoms with van der Waals surface area (Å²) in [6.45, 7) is 0.668. The van der Waals surface area contributed by atoms with Crippen LogP contribution in [-0.2, 0) is 15.8 Å². The van der Waals surface area contributed by atoms with Crippen LogP contribution in [0.5, 0.6) is 0 Å². The fourth-order valence-corrected chi connectivity index (χ4v) is 6.27. The summed E-state index contributed by atoms with van der Waals surface area (Å²) in [5, 5.41) is 4.29. The van der Waals surface area contributed by atoms with Gasteiger partial charge in [-0.2, -0.15) is 8.42 Å². The normalized spacial score (nSPS) is 24.4. The quantitative estimate of drug-likeness (QED) is 0.613. The predicted molar refractivity (Wildman–Crippen MR) is 118 cm³/mol. The summed E-state index contributed by atoms with van der Waals surface area (Å²) in [7, 11) is -3.75. The van der Waals surface area contributed by atoms with Crippen LogP contribution < -0.4 is 0 Å². The third-order valence-corrected chi connectivity index (χ3v) is 8.09. The molecule has 3 heterocycles. The van der Waals surface area contributed by atoms with Gasteiger partial charge in [0.1, 0.15) is 23.6 Å². The molecule has 2 aromatic carbocycles. The van der Waals surface area contributed by atoms with E-state index in [4.69, 9.17) is 0 Å². The van der Waals surface area contributed by atoms with E-state index in [1.165, 1.54) is 12.3 Å². The Kier molecular flexibility index (Phi) is 5.06. The zero-order valence-electron chi connectivity index (χ0n) is 17.2. The lowest BCUT2D eigenvalue weighted by atomic mass is 10.0. The summed E-state index contributed by atoms with van der Waals surface area (Å²) in [5.74, 6) is -1.07. The number of quaternary nitrogens is 1. The fourth-order valence-electron chi connectivity index (χ4n) is 4.58. The van der Waals surface area contributed by atoms with Crippen molar-refractivity contribution < 1.29 is 21.2 Å². The summed E-state index contributed by atoms with van der Waals surface area (Å²) in [5.41, 5.74) is 2.27. The minimum atomic E-state index is -3.75. The average Bonchev–Trinajstić information content (AvgIpc) is 3.43. The second kappa shape index (κ2) is 7.79. The molecule has 5 rings (SSSR count). The molecule has 1 saturated heterocycles. The molecule has 0 aliphatic carbocycles. The van der Waals surface area contributed by atoms with Crippen molar-refractivity contribution in [2.24, 2.45) is 5.10 Å². The molecule has 164 valence electrons. The van der Waals surface area contributed by atoms with Crippen LogP contribution in [0.1, 0.15) is 30.0 Å². The maximum absolute atomic E-state index is 14.5. The first-order valence-electron chi connectivity index (χ1n) is 10.4. The predicted octanol–water partition coefficient (Wildman–Crippen LogP) is 4.74. The van der Waals surface area contributed by atoms with Gasteiger partial charge in [-0.25, -0.2) is 8.78 Å². The van der Waals surface area contributed by atoms with Gasteiger partial charge in [-0.15, -0.1) is 0 Å². The van der Waals surface area contributed by atoms with Gasteiger partial charge in [0.05, 0.1) is 12.3 Å². The average molecular weight is 455 g/mol. The maximum atomic E-state index is 14.5. The van der Waals surface area contributed by atoms with Gasteiger partial charge in [0.25, 0.3) is 0 Å². The number of allylic oxidation sites excluding steroid dienone is 3. The highest BCUT2D eigenvalue weighted by molar-refractivity contribution is 7.85. The Bertz CT molecular complexity index is 1290. The van der Waals surface area contributed by atoms with E-state index in [1.54, 1.807) is 48.7 Å². The molecule has 8 heteroatoms. The largest absolute Gasteiger partial charge is 0.364 e. The van der Waals surface area contributed by atoms with Crippen molar-refractivity contribution in [1.29, 1.82) is 0 Å². The van der Waals surface area contributed by atoms with Crippen LogP contribution in [-0.4, -0.2) is 30.1 Å². The third-order valence-electron chi connectivity index (χ3n) is 6.11. The Hall–Kier alpha value is -3.10. The number of hydrogen-bond donors (Lipinski definition) is 0. The standard InChI is InChI=1S/C24H22F2N3O2S/c25-19-8-9-23(26)22(15-19)24-7-4-13-28(24)20-11-14-29(21(16-20)10-12-27-29)32(30,31)17-18-5-2-1-3-6-18/h1-3,5-6,8-12,14-16,24H,4,7,13,17H2/q+1/t24?,29-/m1/s1. The van der Waals surface area contributed by atoms with Crippen molar-refractivity contribution in [2.75, 3.05) is 6.54 Å². The summed E-state index contributed by atoms with van der Waals surface area (Å²) in [6.07, 6.45) is 9.75. The van der Waals surface area contributed by atoms with Crippen LogP contribution in [0.2, 0.25) is 0 Å². The Morgan fingerprint density at radius 2 is 1.94 bits per heavy atom. The monoisotopic (exact) mass is 454 g/mol. The smallest absolute Gasteiger partial charge is 0.335 e. The Labute approximate surface area is 185 Å². The number of fused-ring (bicyclic) bond motifs is 1. The van der Waals surface area contributed by atoms with Crippen LogP contribution in [0.3, 0.4) is 0 Å². The Balaban J connectivity index is 1.46. The summed E-state index contributed by atoms with van der Waals surface area (Å²) >= 11 is 0. The highest BCUT2D eigenvalue weighted by Crippen LogP contribution is 2.41. The van der Waals surface area contributed by atoms with Gasteiger partial charge in [-0.05, 0) is 40.6 Å². The SMILES string of the molecule is O=S(=O)(Cc1ccccc1)[N@+]12C=CC(N3CCCC3c3cc(F)ccc3F)=CC1=CC=N2. The first-order chi connectivity index (χ1) is 15.4. The number of nitrogens with zero attached hydrogens (tertiary/aromatic N) is 3. The molecular weight excluding hydrogens is 432 g/mol. The highest BCUT2D eigenvalue weighted by Gasteiger charge is 2.48. The van der Waals surface area contributed by atoms with Crippen molar-refractivity contribution in [3.63, 3.8) is 0 Å². The first-order valence-corrected chi connectivity index (χ1v) is 12.1. The zero-order chi connectivity index (χ0) is 22.3. The minimum Gasteiger partial charge on any atom is -0.364 e. The molecule has 3 aliphatic heterocycles. The molecular formula is C24H22F2N3O2S+. The minimum absolute atomic E-state index is 0.156. The van der Waals surface area contributed by atoms with E-state index in [9.17, 15) is 17.2 Å². The third kappa shape index (κ3) is 3.40. The number of rotatable bonds is 5. The first kappa shape index (κ1) is 20.8. The van der Waals surface area contributed by atoms with Gasteiger partial charge in [-0.3, -0.25) is 0 Å². The summed E-state index contributed by atoms with van der Waals surface area (Å²) in [4.78, 5) is 2.01. The lowest BCUT2D eigenvalue weighted by Gasteiger charge is -2.32. The molecule has 3 aliphatic rings. The molecule has 0 spiro atoms. The second-order valence-electron chi connectivity index (χ2n) is 8.09. The maximum Gasteiger partial charge on any atom is 0.335 e. The van der Waals surface area contributed by atoms with Gasteiger partial charge in [-0.1, -0.05) is 35.4 Å². The Morgan fingerprint density at radius 1 is 1.12 bits per heavy atom. The van der Waals surface area contributed by atoms with Crippen LogP contribution in [0.15, 0.2) is 89.5 Å². The lowest BCUT2D eigenvalue weighted by molar-refractivity contribution is -0.710. The number of likely N-dealkylation sites (tertiary alicyclic amines) is 1. The molecule has 1 fully saturated rings. The number of halogens is 2.